The summed E-state index contributed by atoms with van der Waals surface area (Å²) in [5, 5.41) is 12.4. The van der Waals surface area contributed by atoms with Gasteiger partial charge in [-0.25, -0.2) is 4.98 Å². The molecule has 1 aliphatic rings. The molecule has 7 heteroatoms. The molecule has 1 atom stereocenters. The highest BCUT2D eigenvalue weighted by Crippen LogP contribution is 2.31. The van der Waals surface area contributed by atoms with Crippen LogP contribution in [0.15, 0.2) is 6.33 Å². The number of imidazole rings is 1. The van der Waals surface area contributed by atoms with Crippen molar-refractivity contribution in [2.45, 2.75) is 38.5 Å². The van der Waals surface area contributed by atoms with E-state index in [1.54, 1.807) is 6.33 Å². The fourth-order valence-corrected chi connectivity index (χ4v) is 3.26. The molecule has 0 aliphatic heterocycles. The van der Waals surface area contributed by atoms with Crippen LogP contribution in [-0.4, -0.2) is 25.7 Å². The monoisotopic (exact) mass is 291 g/mol. The van der Waals surface area contributed by atoms with Gasteiger partial charge >= 0.3 is 0 Å². The Kier molecular flexibility index (Phi) is 3.52. The number of aromatic nitrogens is 4. The van der Waals surface area contributed by atoms with Crippen molar-refractivity contribution in [1.29, 1.82) is 0 Å². The van der Waals surface area contributed by atoms with Gasteiger partial charge < -0.3 is 4.57 Å². The summed E-state index contributed by atoms with van der Waals surface area (Å²) < 4.78 is 2.01. The third-order valence-electron chi connectivity index (χ3n) is 3.64. The van der Waals surface area contributed by atoms with Crippen LogP contribution in [0, 0.1) is 0 Å². The average Bonchev–Trinajstić information content (AvgIpc) is 3.06. The molecule has 0 fully saturated rings. The van der Waals surface area contributed by atoms with Crippen LogP contribution < -0.4 is 5.32 Å². The lowest BCUT2D eigenvalue weighted by molar-refractivity contribution is -0.118. The molecule has 0 radical (unpaired) electrons. The lowest BCUT2D eigenvalue weighted by Gasteiger charge is -2.20. The first kappa shape index (κ1) is 13.2. The molecule has 0 saturated carbocycles. The molecule has 3 rings (SSSR count). The molecule has 0 saturated heterocycles. The largest absolute Gasteiger partial charge is 0.337 e. The van der Waals surface area contributed by atoms with E-state index < -0.39 is 0 Å². The van der Waals surface area contributed by atoms with E-state index in [0.717, 1.165) is 36.4 Å². The van der Waals surface area contributed by atoms with Crippen molar-refractivity contribution in [3.63, 3.8) is 0 Å². The number of carbonyl (C=O) groups excluding carboxylic acids is 1. The minimum Gasteiger partial charge on any atom is -0.337 e. The number of hydrogen-bond acceptors (Lipinski definition) is 5. The third kappa shape index (κ3) is 2.33. The average molecular weight is 291 g/mol. The van der Waals surface area contributed by atoms with Gasteiger partial charge in [0.1, 0.15) is 5.01 Å². The van der Waals surface area contributed by atoms with Crippen molar-refractivity contribution in [2.75, 3.05) is 5.32 Å². The predicted molar refractivity (Wildman–Crippen MR) is 76.8 cm³/mol. The predicted octanol–water partition coefficient (Wildman–Crippen LogP) is 1.89. The lowest BCUT2D eigenvalue weighted by Crippen LogP contribution is -2.25. The Balaban J connectivity index is 1.78. The summed E-state index contributed by atoms with van der Waals surface area (Å²) in [4.78, 5) is 16.8. The summed E-state index contributed by atoms with van der Waals surface area (Å²) in [6, 6.07) is 0. The van der Waals surface area contributed by atoms with Gasteiger partial charge in [-0.2, -0.15) is 0 Å². The van der Waals surface area contributed by atoms with Gasteiger partial charge in [-0.1, -0.05) is 18.3 Å². The molecule has 1 aliphatic carbocycles. The number of nitrogens with one attached hydrogen (secondary N) is 1. The maximum Gasteiger partial charge on any atom is 0.235 e. The topological polar surface area (TPSA) is 72.7 Å². The highest BCUT2D eigenvalue weighted by Gasteiger charge is 2.30. The van der Waals surface area contributed by atoms with Crippen LogP contribution in [0.4, 0.5) is 5.13 Å². The molecule has 2 aromatic heterocycles. The van der Waals surface area contributed by atoms with Crippen LogP contribution in [0.3, 0.4) is 0 Å². The Morgan fingerprint density at radius 3 is 3.15 bits per heavy atom. The van der Waals surface area contributed by atoms with E-state index in [9.17, 15) is 4.79 Å². The Hall–Kier alpha value is -1.76. The molecule has 6 nitrogen and oxygen atoms in total. The summed E-state index contributed by atoms with van der Waals surface area (Å²) in [5.74, 6) is -0.197. The summed E-state index contributed by atoms with van der Waals surface area (Å²) >= 11 is 1.43. The van der Waals surface area contributed by atoms with Crippen LogP contribution in [0.2, 0.25) is 0 Å². The van der Waals surface area contributed by atoms with E-state index in [-0.39, 0.29) is 11.8 Å². The molecule has 1 N–H and O–H groups in total. The summed E-state index contributed by atoms with van der Waals surface area (Å²) in [7, 11) is 1.98. The quantitative estimate of drug-likeness (QED) is 0.937. The first-order chi connectivity index (χ1) is 9.69. The second-order valence-electron chi connectivity index (χ2n) is 4.98. The first-order valence-electron chi connectivity index (χ1n) is 6.82. The number of carbonyl (C=O) groups is 1. The Morgan fingerprint density at radius 1 is 1.55 bits per heavy atom. The van der Waals surface area contributed by atoms with Crippen LogP contribution in [-0.2, 0) is 24.7 Å². The Labute approximate surface area is 121 Å². The van der Waals surface area contributed by atoms with Gasteiger partial charge in [-0.15, -0.1) is 10.2 Å². The van der Waals surface area contributed by atoms with E-state index in [0.29, 0.717) is 5.13 Å². The Bertz CT molecular complexity index is 632. The number of hydrogen-bond donors (Lipinski definition) is 1. The highest BCUT2D eigenvalue weighted by atomic mass is 32.1. The van der Waals surface area contributed by atoms with Crippen LogP contribution >= 0.6 is 11.3 Å². The molecule has 20 heavy (non-hydrogen) atoms. The minimum atomic E-state index is -0.172. The van der Waals surface area contributed by atoms with Gasteiger partial charge in [-0.3, -0.25) is 10.1 Å². The maximum absolute atomic E-state index is 12.4. The molecule has 2 heterocycles. The number of fused-ring (bicyclic) bond motifs is 1. The van der Waals surface area contributed by atoms with Gasteiger partial charge in [-0.05, 0) is 25.7 Å². The fourth-order valence-electron chi connectivity index (χ4n) is 2.57. The zero-order valence-electron chi connectivity index (χ0n) is 11.6. The van der Waals surface area contributed by atoms with Gasteiger partial charge in [0.15, 0.2) is 0 Å². The van der Waals surface area contributed by atoms with Gasteiger partial charge in [0.05, 0.1) is 17.9 Å². The zero-order chi connectivity index (χ0) is 14.1. The van der Waals surface area contributed by atoms with Gasteiger partial charge in [0.25, 0.3) is 0 Å². The van der Waals surface area contributed by atoms with E-state index >= 15 is 0 Å². The van der Waals surface area contributed by atoms with E-state index in [1.807, 2.05) is 18.5 Å². The second kappa shape index (κ2) is 5.32. The van der Waals surface area contributed by atoms with Gasteiger partial charge in [0.2, 0.25) is 11.0 Å². The number of amides is 1. The number of anilines is 1. The number of aryl methyl sites for hydroxylation is 2. The highest BCUT2D eigenvalue weighted by molar-refractivity contribution is 7.15. The van der Waals surface area contributed by atoms with Crippen molar-refractivity contribution in [2.24, 2.45) is 7.05 Å². The molecule has 1 amide bonds. The van der Waals surface area contributed by atoms with E-state index in [4.69, 9.17) is 0 Å². The molecule has 0 aromatic carbocycles. The Morgan fingerprint density at radius 2 is 2.40 bits per heavy atom. The number of nitrogens with zero attached hydrogens (tertiary/aromatic N) is 4. The van der Waals surface area contributed by atoms with Crippen molar-refractivity contribution in [3.8, 4) is 0 Å². The molecular formula is C13H17N5OS. The molecule has 0 bridgehead atoms. The van der Waals surface area contributed by atoms with Crippen molar-refractivity contribution in [3.05, 3.63) is 22.7 Å². The van der Waals surface area contributed by atoms with Crippen molar-refractivity contribution in [1.82, 2.24) is 19.7 Å². The van der Waals surface area contributed by atoms with Gasteiger partial charge in [0, 0.05) is 12.7 Å². The van der Waals surface area contributed by atoms with Crippen molar-refractivity contribution < 1.29 is 4.79 Å². The zero-order valence-corrected chi connectivity index (χ0v) is 12.4. The standard InChI is InChI=1S/C13H17N5OS/c1-3-10-16-17-13(20-10)15-12(19)8-5-4-6-9-11(8)14-7-18(9)2/h7-8H,3-6H2,1-2H3,(H,15,17,19). The summed E-state index contributed by atoms with van der Waals surface area (Å²) in [6.07, 6.45) is 5.47. The van der Waals surface area contributed by atoms with E-state index in [2.05, 4.69) is 20.5 Å². The van der Waals surface area contributed by atoms with Crippen LogP contribution in [0.5, 0.6) is 0 Å². The molecule has 0 spiro atoms. The smallest absolute Gasteiger partial charge is 0.235 e. The molecular weight excluding hydrogens is 274 g/mol. The minimum absolute atomic E-state index is 0.0246. The molecule has 2 aromatic rings. The SMILES string of the molecule is CCc1nnc(NC(=O)C2CCCc3c2ncn3C)s1. The molecule has 106 valence electrons. The lowest BCUT2D eigenvalue weighted by atomic mass is 9.89. The third-order valence-corrected chi connectivity index (χ3v) is 4.63. The van der Waals surface area contributed by atoms with E-state index in [1.165, 1.54) is 17.0 Å². The summed E-state index contributed by atoms with van der Waals surface area (Å²) in [5.41, 5.74) is 2.08. The fraction of sp³-hybridized carbons (Fsp3) is 0.538. The van der Waals surface area contributed by atoms with Crippen LogP contribution in [0.25, 0.3) is 0 Å². The summed E-state index contributed by atoms with van der Waals surface area (Å²) in [6.45, 7) is 2.02. The molecule has 1 unspecified atom stereocenters. The first-order valence-corrected chi connectivity index (χ1v) is 7.64. The number of rotatable bonds is 3. The normalized spacial score (nSPS) is 17.8. The maximum atomic E-state index is 12.4. The van der Waals surface area contributed by atoms with Crippen molar-refractivity contribution >= 4 is 22.4 Å². The second-order valence-corrected chi connectivity index (χ2v) is 6.04. The van der Waals surface area contributed by atoms with Crippen LogP contribution in [0.1, 0.15) is 42.1 Å².